The van der Waals surface area contributed by atoms with Crippen molar-refractivity contribution in [3.8, 4) is 17.1 Å². The number of rotatable bonds is 2. The van der Waals surface area contributed by atoms with Crippen LogP contribution < -0.4 is 4.74 Å². The molecule has 2 aliphatic carbocycles. The maximum Gasteiger partial charge on any atom is 0.118 e. The number of hydrogen-bond acceptors (Lipinski definition) is 3. The summed E-state index contributed by atoms with van der Waals surface area (Å²) >= 11 is 0. The van der Waals surface area contributed by atoms with E-state index in [1.165, 1.54) is 16.7 Å². The van der Waals surface area contributed by atoms with Crippen LogP contribution in [0.25, 0.3) is 11.4 Å². The normalized spacial score (nSPS) is 19.3. The zero-order valence-electron chi connectivity index (χ0n) is 12.9. The van der Waals surface area contributed by atoms with Gasteiger partial charge in [0.1, 0.15) is 5.75 Å². The summed E-state index contributed by atoms with van der Waals surface area (Å²) in [6, 6.07) is 17.0. The van der Waals surface area contributed by atoms with E-state index >= 15 is 0 Å². The van der Waals surface area contributed by atoms with E-state index in [1.54, 1.807) is 7.11 Å². The van der Waals surface area contributed by atoms with E-state index < -0.39 is 0 Å². The minimum absolute atomic E-state index is 0.0573. The third-order valence-corrected chi connectivity index (χ3v) is 5.28. The maximum atomic E-state index is 5.28. The first-order valence-electron chi connectivity index (χ1n) is 7.90. The summed E-state index contributed by atoms with van der Waals surface area (Å²) in [5, 5.41) is 0. The van der Waals surface area contributed by atoms with Crippen molar-refractivity contribution in [3.63, 3.8) is 0 Å². The molecule has 0 N–H and O–H groups in total. The van der Waals surface area contributed by atoms with E-state index in [1.807, 2.05) is 36.7 Å². The van der Waals surface area contributed by atoms with Crippen LogP contribution in [0.5, 0.6) is 5.75 Å². The van der Waals surface area contributed by atoms with Crippen molar-refractivity contribution in [1.82, 2.24) is 9.97 Å². The highest BCUT2D eigenvalue weighted by Crippen LogP contribution is 2.69. The lowest BCUT2D eigenvalue weighted by Gasteiger charge is -2.13. The van der Waals surface area contributed by atoms with Gasteiger partial charge in [0.25, 0.3) is 0 Å². The fourth-order valence-electron chi connectivity index (χ4n) is 4.15. The van der Waals surface area contributed by atoms with Gasteiger partial charge in [0.15, 0.2) is 0 Å². The molecular weight excluding hydrogens is 284 g/mol. The molecule has 1 aromatic carbocycles. The molecule has 1 unspecified atom stereocenters. The van der Waals surface area contributed by atoms with Crippen LogP contribution in [0.15, 0.2) is 60.9 Å². The quantitative estimate of drug-likeness (QED) is 0.719. The molecule has 1 saturated carbocycles. The smallest absolute Gasteiger partial charge is 0.118 e. The van der Waals surface area contributed by atoms with Crippen molar-refractivity contribution in [2.75, 3.05) is 7.11 Å². The lowest BCUT2D eigenvalue weighted by Crippen LogP contribution is -2.08. The van der Waals surface area contributed by atoms with E-state index in [9.17, 15) is 0 Å². The average Bonchev–Trinajstić information content (AvgIpc) is 3.31. The van der Waals surface area contributed by atoms with Crippen molar-refractivity contribution in [3.05, 3.63) is 77.6 Å². The first kappa shape index (κ1) is 12.8. The Balaban J connectivity index is 1.66. The molecule has 0 radical (unpaired) electrons. The van der Waals surface area contributed by atoms with Crippen LogP contribution in [-0.2, 0) is 5.41 Å². The molecule has 5 rings (SSSR count). The van der Waals surface area contributed by atoms with E-state index in [-0.39, 0.29) is 5.41 Å². The Morgan fingerprint density at radius 3 is 2.09 bits per heavy atom. The van der Waals surface area contributed by atoms with Gasteiger partial charge in [-0.15, -0.1) is 0 Å². The topological polar surface area (TPSA) is 35.0 Å². The fraction of sp³-hybridized carbons (Fsp3) is 0.200. The molecular formula is C20H16N2O. The zero-order chi connectivity index (χ0) is 15.4. The molecule has 3 aromatic rings. The number of pyridine rings is 2. The minimum atomic E-state index is 0.0573. The second-order valence-corrected chi connectivity index (χ2v) is 6.30. The van der Waals surface area contributed by atoms with Gasteiger partial charge in [-0.25, -0.2) is 0 Å². The van der Waals surface area contributed by atoms with Crippen LogP contribution in [0.4, 0.5) is 0 Å². The summed E-state index contributed by atoms with van der Waals surface area (Å²) in [5.74, 6) is 1.39. The Morgan fingerprint density at radius 1 is 0.913 bits per heavy atom. The molecule has 2 aliphatic rings. The third kappa shape index (κ3) is 1.59. The van der Waals surface area contributed by atoms with E-state index in [0.717, 1.165) is 23.6 Å². The Bertz CT molecular complexity index is 856. The number of aromatic nitrogens is 2. The van der Waals surface area contributed by atoms with Crippen LogP contribution in [0, 0.1) is 0 Å². The highest BCUT2D eigenvalue weighted by atomic mass is 16.5. The van der Waals surface area contributed by atoms with Crippen molar-refractivity contribution in [2.45, 2.75) is 17.8 Å². The number of ether oxygens (including phenoxy) is 1. The first-order valence-corrected chi connectivity index (χ1v) is 7.90. The van der Waals surface area contributed by atoms with Crippen molar-refractivity contribution < 1.29 is 4.74 Å². The van der Waals surface area contributed by atoms with Gasteiger partial charge in [-0.1, -0.05) is 24.3 Å². The Morgan fingerprint density at radius 2 is 1.52 bits per heavy atom. The van der Waals surface area contributed by atoms with Gasteiger partial charge in [-0.2, -0.15) is 0 Å². The van der Waals surface area contributed by atoms with Gasteiger partial charge in [0.2, 0.25) is 0 Å². The maximum absolute atomic E-state index is 5.28. The molecule has 0 bridgehead atoms. The summed E-state index contributed by atoms with van der Waals surface area (Å²) in [7, 11) is 1.70. The van der Waals surface area contributed by atoms with Crippen LogP contribution in [0.2, 0.25) is 0 Å². The summed E-state index contributed by atoms with van der Waals surface area (Å²) in [4.78, 5) is 9.22. The molecule has 0 amide bonds. The van der Waals surface area contributed by atoms with Gasteiger partial charge in [-0.3, -0.25) is 9.97 Å². The molecule has 0 saturated heterocycles. The minimum Gasteiger partial charge on any atom is -0.497 e. The average molecular weight is 300 g/mol. The van der Waals surface area contributed by atoms with Crippen LogP contribution in [0.1, 0.15) is 29.0 Å². The molecule has 3 heteroatoms. The molecule has 2 aromatic heterocycles. The number of fused-ring (bicyclic) bond motifs is 5. The molecule has 0 aliphatic heterocycles. The van der Waals surface area contributed by atoms with E-state index in [0.29, 0.717) is 5.92 Å². The zero-order valence-corrected chi connectivity index (χ0v) is 12.9. The van der Waals surface area contributed by atoms with Crippen LogP contribution in [0.3, 0.4) is 0 Å². The summed E-state index contributed by atoms with van der Waals surface area (Å²) in [6.07, 6.45) is 4.85. The Kier molecular flexibility index (Phi) is 2.46. The molecule has 1 fully saturated rings. The van der Waals surface area contributed by atoms with Crippen molar-refractivity contribution >= 4 is 0 Å². The highest BCUT2D eigenvalue weighted by Gasteiger charge is 2.62. The first-order chi connectivity index (χ1) is 11.3. The molecule has 23 heavy (non-hydrogen) atoms. The van der Waals surface area contributed by atoms with E-state index in [2.05, 4.69) is 34.2 Å². The number of nitrogens with zero attached hydrogens (tertiary/aromatic N) is 2. The van der Waals surface area contributed by atoms with Gasteiger partial charge in [-0.05, 0) is 53.3 Å². The largest absolute Gasteiger partial charge is 0.497 e. The van der Waals surface area contributed by atoms with E-state index in [4.69, 9.17) is 4.74 Å². The Hall–Kier alpha value is -2.68. The molecule has 112 valence electrons. The molecule has 1 spiro atoms. The van der Waals surface area contributed by atoms with Gasteiger partial charge >= 0.3 is 0 Å². The Labute approximate surface area is 135 Å². The van der Waals surface area contributed by atoms with Crippen molar-refractivity contribution in [1.29, 1.82) is 0 Å². The lowest BCUT2D eigenvalue weighted by atomic mass is 9.89. The predicted octanol–water partition coefficient (Wildman–Crippen LogP) is 3.94. The van der Waals surface area contributed by atoms with Crippen molar-refractivity contribution in [2.24, 2.45) is 0 Å². The number of methoxy groups -OCH3 is 1. The highest BCUT2D eigenvalue weighted by molar-refractivity contribution is 5.79. The van der Waals surface area contributed by atoms with Crippen LogP contribution in [-0.4, -0.2) is 17.1 Å². The lowest BCUT2D eigenvalue weighted by molar-refractivity contribution is 0.414. The summed E-state index contributed by atoms with van der Waals surface area (Å²) < 4.78 is 5.28. The number of benzene rings is 1. The van der Waals surface area contributed by atoms with Gasteiger partial charge in [0, 0.05) is 17.8 Å². The van der Waals surface area contributed by atoms with Gasteiger partial charge in [0.05, 0.1) is 18.5 Å². The SMILES string of the molecule is COc1ccc(C2CC23c2cccnc2-c2ncccc23)cc1. The molecule has 1 atom stereocenters. The summed E-state index contributed by atoms with van der Waals surface area (Å²) in [6.45, 7) is 0. The monoisotopic (exact) mass is 300 g/mol. The second kappa shape index (κ2) is 4.42. The second-order valence-electron chi connectivity index (χ2n) is 6.30. The molecule has 3 nitrogen and oxygen atoms in total. The number of hydrogen-bond donors (Lipinski definition) is 0. The van der Waals surface area contributed by atoms with Crippen LogP contribution >= 0.6 is 0 Å². The predicted molar refractivity (Wildman–Crippen MR) is 88.6 cm³/mol. The molecule has 2 heterocycles. The van der Waals surface area contributed by atoms with Gasteiger partial charge < -0.3 is 4.74 Å². The standard InChI is InChI=1S/C20H16N2O/c1-23-14-8-6-13(7-9-14)17-12-20(17)15-4-2-10-21-18(15)19-16(20)5-3-11-22-19/h2-11,17H,12H2,1H3. The fourth-order valence-corrected chi connectivity index (χ4v) is 4.15. The third-order valence-electron chi connectivity index (χ3n) is 5.28. The summed E-state index contributed by atoms with van der Waals surface area (Å²) in [5.41, 5.74) is 6.18.